The summed E-state index contributed by atoms with van der Waals surface area (Å²) in [6.45, 7) is 7.30. The normalized spacial score (nSPS) is 15.8. The summed E-state index contributed by atoms with van der Waals surface area (Å²) in [6, 6.07) is 2.87. The van der Waals surface area contributed by atoms with Crippen molar-refractivity contribution in [2.75, 3.05) is 25.0 Å². The Morgan fingerprint density at radius 3 is 2.70 bits per heavy atom. The summed E-state index contributed by atoms with van der Waals surface area (Å²) in [4.78, 5) is 13.6. The van der Waals surface area contributed by atoms with Gasteiger partial charge in [-0.05, 0) is 37.3 Å². The van der Waals surface area contributed by atoms with Crippen molar-refractivity contribution < 1.29 is 19.0 Å². The van der Waals surface area contributed by atoms with Gasteiger partial charge in [-0.15, -0.1) is 0 Å². The number of ether oxygens (including phenoxy) is 1. The maximum Gasteiger partial charge on any atom is 0.409 e. The van der Waals surface area contributed by atoms with Gasteiger partial charge in [-0.3, -0.25) is 0 Å². The summed E-state index contributed by atoms with van der Waals surface area (Å²) in [5, 5.41) is 13.1. The smallest absolute Gasteiger partial charge is 0.409 e. The van der Waals surface area contributed by atoms with E-state index in [0.717, 1.165) is 18.9 Å². The van der Waals surface area contributed by atoms with E-state index in [1.165, 1.54) is 0 Å². The number of piperidine rings is 1. The second-order valence-corrected chi connectivity index (χ2v) is 6.49. The predicted octanol–water partition coefficient (Wildman–Crippen LogP) is 3.51. The minimum Gasteiger partial charge on any atom is -0.506 e. The van der Waals surface area contributed by atoms with E-state index in [9.17, 15) is 14.3 Å². The Labute approximate surface area is 136 Å². The van der Waals surface area contributed by atoms with Crippen molar-refractivity contribution in [1.82, 2.24) is 4.90 Å². The van der Waals surface area contributed by atoms with E-state index >= 15 is 0 Å². The predicted molar refractivity (Wildman–Crippen MR) is 87.2 cm³/mol. The molecule has 1 aliphatic heterocycles. The van der Waals surface area contributed by atoms with Crippen molar-refractivity contribution in [3.63, 3.8) is 0 Å². The highest BCUT2D eigenvalue weighted by Crippen LogP contribution is 2.28. The van der Waals surface area contributed by atoms with Crippen molar-refractivity contribution in [3.05, 3.63) is 23.5 Å². The fourth-order valence-corrected chi connectivity index (χ4v) is 2.54. The van der Waals surface area contributed by atoms with Crippen LogP contribution in [-0.2, 0) is 4.74 Å². The molecule has 1 fully saturated rings. The number of nitrogens with zero attached hydrogens (tertiary/aromatic N) is 1. The van der Waals surface area contributed by atoms with Crippen LogP contribution in [0.2, 0.25) is 0 Å². The first-order chi connectivity index (χ1) is 10.9. The van der Waals surface area contributed by atoms with Crippen LogP contribution < -0.4 is 5.32 Å². The lowest BCUT2D eigenvalue weighted by atomic mass is 10.0. The number of phenols is 1. The van der Waals surface area contributed by atoms with Crippen molar-refractivity contribution in [3.8, 4) is 5.75 Å². The van der Waals surface area contributed by atoms with Gasteiger partial charge in [0.05, 0.1) is 12.3 Å². The number of likely N-dealkylation sites (tertiary alicyclic amines) is 1. The van der Waals surface area contributed by atoms with Crippen LogP contribution in [0.3, 0.4) is 0 Å². The van der Waals surface area contributed by atoms with Gasteiger partial charge in [0, 0.05) is 25.2 Å². The third kappa shape index (κ3) is 4.74. The van der Waals surface area contributed by atoms with Gasteiger partial charge >= 0.3 is 6.09 Å². The first kappa shape index (κ1) is 17.4. The first-order valence-corrected chi connectivity index (χ1v) is 8.04. The van der Waals surface area contributed by atoms with Crippen LogP contribution in [0.4, 0.5) is 14.9 Å². The van der Waals surface area contributed by atoms with E-state index in [-0.39, 0.29) is 17.9 Å². The molecular formula is C17H25FN2O3. The van der Waals surface area contributed by atoms with Crippen LogP contribution in [0, 0.1) is 18.7 Å². The quantitative estimate of drug-likeness (QED) is 0.832. The Bertz CT molecular complexity index is 555. The molecule has 1 aliphatic rings. The first-order valence-electron chi connectivity index (χ1n) is 8.04. The fourth-order valence-electron chi connectivity index (χ4n) is 2.54. The molecule has 1 aromatic carbocycles. The van der Waals surface area contributed by atoms with Crippen LogP contribution in [0.15, 0.2) is 12.1 Å². The van der Waals surface area contributed by atoms with Crippen LogP contribution >= 0.6 is 0 Å². The topological polar surface area (TPSA) is 61.8 Å². The number of rotatable bonds is 4. The zero-order valence-electron chi connectivity index (χ0n) is 13.9. The molecule has 0 bridgehead atoms. The van der Waals surface area contributed by atoms with Crippen LogP contribution in [-0.4, -0.2) is 41.8 Å². The summed E-state index contributed by atoms with van der Waals surface area (Å²) in [5.41, 5.74) is 1.02. The highest BCUT2D eigenvalue weighted by molar-refractivity contribution is 5.67. The van der Waals surface area contributed by atoms with E-state index in [2.05, 4.69) is 5.32 Å². The highest BCUT2D eigenvalue weighted by atomic mass is 19.1. The largest absolute Gasteiger partial charge is 0.506 e. The molecule has 2 N–H and O–H groups in total. The summed E-state index contributed by atoms with van der Waals surface area (Å²) in [5.74, 6) is -0.189. The molecule has 0 saturated carbocycles. The van der Waals surface area contributed by atoms with Gasteiger partial charge in [-0.25, -0.2) is 9.18 Å². The standard InChI is InChI=1S/C17H25FN2O3/c1-11(2)10-23-17(22)20-6-4-13(5-7-20)19-15-8-12(3)14(18)9-16(15)21/h8-9,11,13,19,21H,4-7,10H2,1-3H3. The lowest BCUT2D eigenvalue weighted by Crippen LogP contribution is -2.42. The lowest BCUT2D eigenvalue weighted by molar-refractivity contribution is 0.0845. The molecule has 128 valence electrons. The molecule has 2 rings (SSSR count). The minimum atomic E-state index is -0.421. The Kier molecular flexibility index (Phi) is 5.69. The number of anilines is 1. The second-order valence-electron chi connectivity index (χ2n) is 6.49. The van der Waals surface area contributed by atoms with E-state index in [0.29, 0.717) is 36.9 Å². The molecule has 23 heavy (non-hydrogen) atoms. The van der Waals surface area contributed by atoms with Crippen molar-refractivity contribution >= 4 is 11.8 Å². The number of aryl methyl sites for hydroxylation is 1. The molecule has 0 spiro atoms. The SMILES string of the molecule is Cc1cc(NC2CCN(C(=O)OCC(C)C)CC2)c(O)cc1F. The maximum atomic E-state index is 13.4. The molecule has 5 nitrogen and oxygen atoms in total. The zero-order valence-corrected chi connectivity index (χ0v) is 13.9. The zero-order chi connectivity index (χ0) is 17.0. The number of halogens is 1. The van der Waals surface area contributed by atoms with Crippen molar-refractivity contribution in [2.24, 2.45) is 5.92 Å². The summed E-state index contributed by atoms with van der Waals surface area (Å²) in [6.07, 6.45) is 1.25. The van der Waals surface area contributed by atoms with Gasteiger partial charge in [0.2, 0.25) is 0 Å². The molecule has 1 saturated heterocycles. The second kappa shape index (κ2) is 7.53. The average Bonchev–Trinajstić information content (AvgIpc) is 2.51. The average molecular weight is 324 g/mol. The number of nitrogens with one attached hydrogen (secondary N) is 1. The Hall–Kier alpha value is -1.98. The maximum absolute atomic E-state index is 13.4. The number of amides is 1. The van der Waals surface area contributed by atoms with Crippen LogP contribution in [0.25, 0.3) is 0 Å². The number of hydrogen-bond acceptors (Lipinski definition) is 4. The molecule has 1 aromatic rings. The van der Waals surface area contributed by atoms with Gasteiger partial charge in [-0.2, -0.15) is 0 Å². The summed E-state index contributed by atoms with van der Waals surface area (Å²) >= 11 is 0. The summed E-state index contributed by atoms with van der Waals surface area (Å²) < 4.78 is 18.6. The molecule has 0 aromatic heterocycles. The number of hydrogen-bond donors (Lipinski definition) is 2. The van der Waals surface area contributed by atoms with E-state index in [1.807, 2.05) is 13.8 Å². The molecule has 1 amide bonds. The third-order valence-corrected chi connectivity index (χ3v) is 3.93. The lowest BCUT2D eigenvalue weighted by Gasteiger charge is -2.32. The van der Waals surface area contributed by atoms with Crippen molar-refractivity contribution in [1.29, 1.82) is 0 Å². The van der Waals surface area contributed by atoms with Gasteiger partial charge in [-0.1, -0.05) is 13.8 Å². The van der Waals surface area contributed by atoms with Crippen LogP contribution in [0.5, 0.6) is 5.75 Å². The third-order valence-electron chi connectivity index (χ3n) is 3.93. The number of carbonyl (C=O) groups excluding carboxylic acids is 1. The molecular weight excluding hydrogens is 299 g/mol. The molecule has 1 heterocycles. The Morgan fingerprint density at radius 1 is 1.43 bits per heavy atom. The number of carbonyl (C=O) groups is 1. The molecule has 0 radical (unpaired) electrons. The molecule has 0 atom stereocenters. The number of phenolic OH excluding ortho intramolecular Hbond substituents is 1. The highest BCUT2D eigenvalue weighted by Gasteiger charge is 2.24. The van der Waals surface area contributed by atoms with E-state index < -0.39 is 5.82 Å². The van der Waals surface area contributed by atoms with Gasteiger partial charge in [0.25, 0.3) is 0 Å². The van der Waals surface area contributed by atoms with Gasteiger partial charge in [0.1, 0.15) is 11.6 Å². The van der Waals surface area contributed by atoms with Gasteiger partial charge < -0.3 is 20.1 Å². The Balaban J connectivity index is 1.85. The molecule has 6 heteroatoms. The minimum absolute atomic E-state index is 0.0909. The van der Waals surface area contributed by atoms with Gasteiger partial charge in [0.15, 0.2) is 0 Å². The fraction of sp³-hybridized carbons (Fsp3) is 0.588. The van der Waals surface area contributed by atoms with E-state index in [1.54, 1.807) is 17.9 Å². The van der Waals surface area contributed by atoms with Crippen molar-refractivity contribution in [2.45, 2.75) is 39.7 Å². The number of aromatic hydroxyl groups is 1. The monoisotopic (exact) mass is 324 g/mol. The van der Waals surface area contributed by atoms with E-state index in [4.69, 9.17) is 4.74 Å². The molecule has 0 aliphatic carbocycles. The van der Waals surface area contributed by atoms with Crippen LogP contribution in [0.1, 0.15) is 32.3 Å². The summed E-state index contributed by atoms with van der Waals surface area (Å²) in [7, 11) is 0. The molecule has 0 unspecified atom stereocenters. The number of benzene rings is 1. The Morgan fingerprint density at radius 2 is 2.09 bits per heavy atom.